The van der Waals surface area contributed by atoms with Gasteiger partial charge in [-0.1, -0.05) is 0 Å². The topological polar surface area (TPSA) is 120 Å². The third-order valence-electron chi connectivity index (χ3n) is 4.54. The molecule has 0 bridgehead atoms. The smallest absolute Gasteiger partial charge is 0.417 e. The van der Waals surface area contributed by atoms with Gasteiger partial charge in [0.25, 0.3) is 0 Å². The molecule has 1 aliphatic rings. The number of hydrogen-bond acceptors (Lipinski definition) is 7. The van der Waals surface area contributed by atoms with Crippen molar-refractivity contribution in [2.45, 2.75) is 13.3 Å². The van der Waals surface area contributed by atoms with Crippen molar-refractivity contribution in [1.29, 1.82) is 0 Å². The molecule has 1 amide bonds. The van der Waals surface area contributed by atoms with Crippen LogP contribution in [0, 0.1) is 6.92 Å². The lowest BCUT2D eigenvalue weighted by Crippen LogP contribution is -2.15. The number of rotatable bonds is 4. The molecule has 2 aromatic heterocycles. The summed E-state index contributed by atoms with van der Waals surface area (Å²) in [6.07, 6.45) is 0.0367. The van der Waals surface area contributed by atoms with Gasteiger partial charge in [-0.2, -0.15) is 0 Å². The Hall–Kier alpha value is -4.01. The van der Waals surface area contributed by atoms with E-state index < -0.39 is 5.76 Å². The second-order valence-electron chi connectivity index (χ2n) is 6.54. The molecule has 4 aromatic rings. The lowest BCUT2D eigenvalue weighted by Gasteiger charge is -2.03. The summed E-state index contributed by atoms with van der Waals surface area (Å²) in [4.78, 5) is 30.7. The van der Waals surface area contributed by atoms with E-state index in [1.165, 1.54) is 0 Å². The van der Waals surface area contributed by atoms with E-state index in [1.54, 1.807) is 37.3 Å². The normalized spacial score (nSPS) is 12.4. The number of fused-ring (bicyclic) bond motifs is 2. The molecule has 0 spiro atoms. The van der Waals surface area contributed by atoms with Crippen molar-refractivity contribution in [1.82, 2.24) is 9.97 Å². The van der Waals surface area contributed by atoms with E-state index in [0.29, 0.717) is 45.6 Å². The van der Waals surface area contributed by atoms with Crippen LogP contribution in [0.15, 0.2) is 50.0 Å². The number of ether oxygens (including phenoxy) is 2. The quantitative estimate of drug-likeness (QED) is 0.547. The predicted molar refractivity (Wildman–Crippen MR) is 102 cm³/mol. The molecule has 0 saturated carbocycles. The minimum Gasteiger partial charge on any atom is -0.454 e. The fourth-order valence-electron chi connectivity index (χ4n) is 3.13. The first-order valence-corrected chi connectivity index (χ1v) is 8.84. The molecule has 0 aliphatic carbocycles. The molecular formula is C20H15N3O6. The highest BCUT2D eigenvalue weighted by molar-refractivity contribution is 5.93. The van der Waals surface area contributed by atoms with Gasteiger partial charge in [0, 0.05) is 17.3 Å². The summed E-state index contributed by atoms with van der Waals surface area (Å²) in [5, 5.41) is 2.77. The Kier molecular flexibility index (Phi) is 3.87. The molecule has 2 aromatic carbocycles. The van der Waals surface area contributed by atoms with Crippen LogP contribution in [0.1, 0.15) is 11.5 Å². The van der Waals surface area contributed by atoms with Crippen molar-refractivity contribution in [2.24, 2.45) is 0 Å². The molecule has 146 valence electrons. The summed E-state index contributed by atoms with van der Waals surface area (Å²) in [5.41, 5.74) is 2.72. The van der Waals surface area contributed by atoms with E-state index in [4.69, 9.17) is 18.3 Å². The molecule has 0 radical (unpaired) electrons. The number of nitrogens with one attached hydrogen (secondary N) is 2. The first-order chi connectivity index (χ1) is 14.0. The molecule has 0 atom stereocenters. The highest BCUT2D eigenvalue weighted by Crippen LogP contribution is 2.36. The molecule has 9 heteroatoms. The van der Waals surface area contributed by atoms with Crippen molar-refractivity contribution in [3.05, 3.63) is 58.4 Å². The largest absolute Gasteiger partial charge is 0.454 e. The number of benzene rings is 2. The van der Waals surface area contributed by atoms with Gasteiger partial charge < -0.3 is 23.6 Å². The number of aromatic amines is 1. The minimum absolute atomic E-state index is 0.0367. The highest BCUT2D eigenvalue weighted by Gasteiger charge is 2.19. The average Bonchev–Trinajstić information content (AvgIpc) is 3.39. The fourth-order valence-corrected chi connectivity index (χ4v) is 3.13. The van der Waals surface area contributed by atoms with Crippen molar-refractivity contribution < 1.29 is 23.1 Å². The van der Waals surface area contributed by atoms with Crippen molar-refractivity contribution >= 4 is 22.7 Å². The van der Waals surface area contributed by atoms with Crippen LogP contribution in [0.2, 0.25) is 0 Å². The van der Waals surface area contributed by atoms with Crippen molar-refractivity contribution in [3.63, 3.8) is 0 Å². The fraction of sp³-hybridized carbons (Fsp3) is 0.150. The number of anilines is 1. The minimum atomic E-state index is -0.544. The number of hydrogen-bond donors (Lipinski definition) is 2. The SMILES string of the molecule is Cc1oc(-c2ccc3c(c2)OCO3)nc1CC(=O)Nc1ccc2[nH]c(=O)oc2c1. The summed E-state index contributed by atoms with van der Waals surface area (Å²) >= 11 is 0. The van der Waals surface area contributed by atoms with Crippen LogP contribution >= 0.6 is 0 Å². The van der Waals surface area contributed by atoms with Gasteiger partial charge in [-0.05, 0) is 37.3 Å². The van der Waals surface area contributed by atoms with Crippen molar-refractivity contribution in [2.75, 3.05) is 12.1 Å². The van der Waals surface area contributed by atoms with Gasteiger partial charge in [0.2, 0.25) is 18.6 Å². The number of carbonyl (C=O) groups is 1. The molecule has 29 heavy (non-hydrogen) atoms. The van der Waals surface area contributed by atoms with Gasteiger partial charge in [-0.15, -0.1) is 0 Å². The maximum Gasteiger partial charge on any atom is 0.417 e. The first-order valence-electron chi connectivity index (χ1n) is 8.84. The number of aryl methyl sites for hydroxylation is 1. The Balaban J connectivity index is 1.33. The van der Waals surface area contributed by atoms with Crippen LogP contribution in [0.4, 0.5) is 5.69 Å². The third kappa shape index (κ3) is 3.22. The number of H-pyrrole nitrogens is 1. The van der Waals surface area contributed by atoms with E-state index in [0.717, 1.165) is 5.56 Å². The Labute approximate surface area is 163 Å². The Morgan fingerprint density at radius 1 is 1.14 bits per heavy atom. The zero-order valence-corrected chi connectivity index (χ0v) is 15.3. The maximum atomic E-state index is 12.4. The molecule has 0 fully saturated rings. The van der Waals surface area contributed by atoms with Crippen LogP contribution in [0.25, 0.3) is 22.6 Å². The van der Waals surface area contributed by atoms with Gasteiger partial charge in [-0.3, -0.25) is 9.78 Å². The molecule has 3 heterocycles. The van der Waals surface area contributed by atoms with Gasteiger partial charge in [0.05, 0.1) is 17.6 Å². The Bertz CT molecular complexity index is 1300. The lowest BCUT2D eigenvalue weighted by molar-refractivity contribution is -0.115. The van der Waals surface area contributed by atoms with Gasteiger partial charge in [-0.25, -0.2) is 9.78 Å². The molecule has 1 aliphatic heterocycles. The summed E-state index contributed by atoms with van der Waals surface area (Å²) in [6, 6.07) is 10.3. The zero-order chi connectivity index (χ0) is 20.0. The van der Waals surface area contributed by atoms with Crippen LogP contribution in [0.3, 0.4) is 0 Å². The second-order valence-corrected chi connectivity index (χ2v) is 6.54. The van der Waals surface area contributed by atoms with E-state index in [-0.39, 0.29) is 19.1 Å². The van der Waals surface area contributed by atoms with Crippen LogP contribution in [0.5, 0.6) is 11.5 Å². The number of nitrogens with zero attached hydrogens (tertiary/aromatic N) is 1. The molecule has 9 nitrogen and oxygen atoms in total. The van der Waals surface area contributed by atoms with Crippen LogP contribution < -0.4 is 20.5 Å². The average molecular weight is 393 g/mol. The number of oxazole rings is 2. The molecular weight excluding hydrogens is 378 g/mol. The van der Waals surface area contributed by atoms with Crippen molar-refractivity contribution in [3.8, 4) is 23.0 Å². The van der Waals surface area contributed by atoms with E-state index in [1.807, 2.05) is 6.07 Å². The van der Waals surface area contributed by atoms with Crippen LogP contribution in [-0.2, 0) is 11.2 Å². The molecule has 5 rings (SSSR count). The summed E-state index contributed by atoms with van der Waals surface area (Å²) in [7, 11) is 0. The lowest BCUT2D eigenvalue weighted by atomic mass is 10.2. The van der Waals surface area contributed by atoms with Gasteiger partial charge in [0.15, 0.2) is 17.1 Å². The maximum absolute atomic E-state index is 12.4. The summed E-state index contributed by atoms with van der Waals surface area (Å²) in [5.74, 6) is 1.45. The van der Waals surface area contributed by atoms with Gasteiger partial charge >= 0.3 is 5.76 Å². The highest BCUT2D eigenvalue weighted by atomic mass is 16.7. The van der Waals surface area contributed by atoms with E-state index >= 15 is 0 Å². The molecule has 0 saturated heterocycles. The number of aromatic nitrogens is 2. The summed E-state index contributed by atoms with van der Waals surface area (Å²) in [6.45, 7) is 1.94. The summed E-state index contributed by atoms with van der Waals surface area (Å²) < 4.78 is 21.4. The number of carbonyl (C=O) groups excluding carboxylic acids is 1. The standard InChI is InChI=1S/C20H15N3O6/c1-10-14(22-19(28-10)11-2-5-15-17(6-11)27-9-26-15)8-18(24)21-12-3-4-13-16(7-12)29-20(25)23-13/h2-7H,8-9H2,1H3,(H,21,24)(H,23,25). The zero-order valence-electron chi connectivity index (χ0n) is 15.3. The van der Waals surface area contributed by atoms with Gasteiger partial charge in [0.1, 0.15) is 5.76 Å². The third-order valence-corrected chi connectivity index (χ3v) is 4.54. The van der Waals surface area contributed by atoms with E-state index in [9.17, 15) is 9.59 Å². The Morgan fingerprint density at radius 2 is 2.00 bits per heavy atom. The molecule has 2 N–H and O–H groups in total. The van der Waals surface area contributed by atoms with Crippen LogP contribution in [-0.4, -0.2) is 22.7 Å². The monoisotopic (exact) mass is 393 g/mol. The molecule has 0 unspecified atom stereocenters. The first kappa shape index (κ1) is 17.1. The van der Waals surface area contributed by atoms with E-state index in [2.05, 4.69) is 15.3 Å². The second kappa shape index (κ2) is 6.55. The predicted octanol–water partition coefficient (Wildman–Crippen LogP) is 2.99. The Morgan fingerprint density at radius 3 is 2.90 bits per heavy atom. The number of amides is 1.